The number of nitrogens with one attached hydrogen (secondary N) is 2. The van der Waals surface area contributed by atoms with Crippen LogP contribution in [-0.4, -0.2) is 21.5 Å². The van der Waals surface area contributed by atoms with Crippen molar-refractivity contribution in [2.24, 2.45) is 0 Å². The smallest absolute Gasteiger partial charge is 0.250 e. The number of rotatable bonds is 10. The van der Waals surface area contributed by atoms with Crippen molar-refractivity contribution in [3.05, 3.63) is 16.5 Å². The van der Waals surface area contributed by atoms with Crippen molar-refractivity contribution < 1.29 is 8.42 Å². The Kier molecular flexibility index (Phi) is 7.87. The van der Waals surface area contributed by atoms with Gasteiger partial charge in [-0.3, -0.25) is 0 Å². The lowest BCUT2D eigenvalue weighted by Crippen LogP contribution is -2.34. The van der Waals surface area contributed by atoms with Gasteiger partial charge in [0, 0.05) is 17.5 Å². The van der Waals surface area contributed by atoms with Crippen molar-refractivity contribution in [2.45, 2.75) is 69.7 Å². The maximum Gasteiger partial charge on any atom is 0.250 e. The van der Waals surface area contributed by atoms with Crippen molar-refractivity contribution in [3.63, 3.8) is 0 Å². The van der Waals surface area contributed by atoms with Crippen molar-refractivity contribution in [1.82, 2.24) is 10.0 Å². The second-order valence-corrected chi connectivity index (χ2v) is 8.53. The molecule has 0 spiro atoms. The number of sulfonamides is 1. The Hall–Kier alpha value is -0.430. The van der Waals surface area contributed by atoms with E-state index in [1.807, 2.05) is 14.0 Å². The van der Waals surface area contributed by atoms with Crippen LogP contribution in [0.3, 0.4) is 0 Å². The lowest BCUT2D eigenvalue weighted by Gasteiger charge is -2.17. The molecule has 0 fully saturated rings. The molecule has 0 amide bonds. The van der Waals surface area contributed by atoms with Crippen LogP contribution in [0.2, 0.25) is 0 Å². The van der Waals surface area contributed by atoms with E-state index in [0.717, 1.165) is 42.5 Å². The fourth-order valence-electron chi connectivity index (χ4n) is 2.30. The highest BCUT2D eigenvalue weighted by molar-refractivity contribution is 7.91. The molecule has 1 heterocycles. The molecule has 0 aliphatic heterocycles. The predicted octanol–water partition coefficient (Wildman–Crippen LogP) is 3.41. The first kappa shape index (κ1) is 18.6. The van der Waals surface area contributed by atoms with Gasteiger partial charge in [0.25, 0.3) is 0 Å². The molecule has 0 aliphatic rings. The predicted molar refractivity (Wildman–Crippen MR) is 90.4 cm³/mol. The molecular weight excluding hydrogens is 304 g/mol. The molecule has 1 atom stereocenters. The quantitative estimate of drug-likeness (QED) is 0.690. The van der Waals surface area contributed by atoms with Gasteiger partial charge in [-0.05, 0) is 38.4 Å². The van der Waals surface area contributed by atoms with Crippen LogP contribution in [0.1, 0.15) is 56.4 Å². The monoisotopic (exact) mass is 332 g/mol. The highest BCUT2D eigenvalue weighted by Gasteiger charge is 2.22. The number of hydrogen-bond donors (Lipinski definition) is 2. The summed E-state index contributed by atoms with van der Waals surface area (Å²) in [4.78, 5) is 1.08. The van der Waals surface area contributed by atoms with E-state index in [-0.39, 0.29) is 6.04 Å². The van der Waals surface area contributed by atoms with E-state index in [9.17, 15) is 8.42 Å². The second kappa shape index (κ2) is 8.88. The molecule has 4 nitrogen and oxygen atoms in total. The highest BCUT2D eigenvalue weighted by atomic mass is 32.2. The first-order chi connectivity index (χ1) is 9.94. The molecule has 1 unspecified atom stereocenters. The van der Waals surface area contributed by atoms with E-state index < -0.39 is 10.0 Å². The van der Waals surface area contributed by atoms with Crippen molar-refractivity contribution in [2.75, 3.05) is 7.05 Å². The van der Waals surface area contributed by atoms with Crippen molar-refractivity contribution in [3.8, 4) is 0 Å². The molecule has 1 aromatic rings. The van der Waals surface area contributed by atoms with Gasteiger partial charge >= 0.3 is 0 Å². The van der Waals surface area contributed by atoms with E-state index in [0.29, 0.717) is 10.8 Å². The molecule has 122 valence electrons. The number of thiophene rings is 1. The summed E-state index contributed by atoms with van der Waals surface area (Å²) in [6.45, 7) is 6.89. The largest absolute Gasteiger partial charge is 0.315 e. The first-order valence-electron chi connectivity index (χ1n) is 7.70. The molecule has 0 radical (unpaired) electrons. The first-order valence-corrected chi connectivity index (χ1v) is 10.0. The van der Waals surface area contributed by atoms with Crippen LogP contribution in [0.15, 0.2) is 10.3 Å². The Morgan fingerprint density at radius 3 is 2.52 bits per heavy atom. The Labute approximate surface area is 133 Å². The van der Waals surface area contributed by atoms with E-state index >= 15 is 0 Å². The van der Waals surface area contributed by atoms with Gasteiger partial charge in [0.15, 0.2) is 0 Å². The van der Waals surface area contributed by atoms with Crippen LogP contribution < -0.4 is 10.0 Å². The maximum absolute atomic E-state index is 12.5. The summed E-state index contributed by atoms with van der Waals surface area (Å²) in [7, 11) is -1.52. The molecule has 0 saturated carbocycles. The summed E-state index contributed by atoms with van der Waals surface area (Å²) < 4.78 is 28.4. The molecule has 0 aliphatic carbocycles. The van der Waals surface area contributed by atoms with Crippen LogP contribution in [0.5, 0.6) is 0 Å². The fraction of sp³-hybridized carbons (Fsp3) is 0.733. The fourth-order valence-corrected chi connectivity index (χ4v) is 5.22. The average molecular weight is 333 g/mol. The zero-order valence-electron chi connectivity index (χ0n) is 13.5. The van der Waals surface area contributed by atoms with Gasteiger partial charge in [-0.25, -0.2) is 13.1 Å². The Balaban J connectivity index is 2.85. The Bertz CT molecular complexity index is 524. The molecule has 21 heavy (non-hydrogen) atoms. The maximum atomic E-state index is 12.5. The minimum absolute atomic E-state index is 0.0510. The van der Waals surface area contributed by atoms with Gasteiger partial charge in [-0.1, -0.05) is 33.1 Å². The van der Waals surface area contributed by atoms with E-state index in [2.05, 4.69) is 23.9 Å². The minimum atomic E-state index is -3.39. The molecular formula is C15H28N2O2S2. The number of hydrogen-bond acceptors (Lipinski definition) is 4. The normalized spacial score (nSPS) is 13.5. The minimum Gasteiger partial charge on any atom is -0.315 e. The van der Waals surface area contributed by atoms with Crippen LogP contribution in [0.4, 0.5) is 0 Å². The summed E-state index contributed by atoms with van der Waals surface area (Å²) in [5.41, 5.74) is 1.04. The summed E-state index contributed by atoms with van der Waals surface area (Å²) in [5, 5.41) is 3.07. The molecule has 1 rings (SSSR count). The highest BCUT2D eigenvalue weighted by Crippen LogP contribution is 2.26. The van der Waals surface area contributed by atoms with Crippen molar-refractivity contribution >= 4 is 21.4 Å². The molecule has 0 saturated heterocycles. The van der Waals surface area contributed by atoms with Gasteiger partial charge < -0.3 is 5.32 Å². The second-order valence-electron chi connectivity index (χ2n) is 5.45. The standard InChI is InChI=1S/C15H28N2O2S2/c1-5-7-9-13(8-6-2)17-21(18,19)15-10-12(3)14(20-15)11-16-4/h10,13,16-17H,5-9,11H2,1-4H3. The molecule has 0 bridgehead atoms. The van der Waals surface area contributed by atoms with E-state index in [1.54, 1.807) is 6.07 Å². The third-order valence-electron chi connectivity index (χ3n) is 3.47. The summed E-state index contributed by atoms with van der Waals surface area (Å²) in [6, 6.07) is 1.83. The molecule has 0 aromatic carbocycles. The third-order valence-corrected chi connectivity index (χ3v) is 6.70. The van der Waals surface area contributed by atoms with Gasteiger partial charge in [0.2, 0.25) is 10.0 Å². The SMILES string of the molecule is CCCCC(CCC)NS(=O)(=O)c1cc(C)c(CNC)s1. The Morgan fingerprint density at radius 1 is 1.24 bits per heavy atom. The third kappa shape index (κ3) is 5.70. The summed E-state index contributed by atoms with van der Waals surface area (Å²) in [6.07, 6.45) is 4.95. The molecule has 2 N–H and O–H groups in total. The summed E-state index contributed by atoms with van der Waals surface area (Å²) >= 11 is 1.36. The lowest BCUT2D eigenvalue weighted by molar-refractivity contribution is 0.484. The topological polar surface area (TPSA) is 58.2 Å². The van der Waals surface area contributed by atoms with Crippen molar-refractivity contribution in [1.29, 1.82) is 0 Å². The zero-order chi connectivity index (χ0) is 15.9. The Morgan fingerprint density at radius 2 is 1.95 bits per heavy atom. The van der Waals surface area contributed by atoms with Gasteiger partial charge in [0.05, 0.1) is 0 Å². The number of aryl methyl sites for hydroxylation is 1. The van der Waals surface area contributed by atoms with Gasteiger partial charge in [0.1, 0.15) is 4.21 Å². The summed E-state index contributed by atoms with van der Waals surface area (Å²) in [5.74, 6) is 0. The van der Waals surface area contributed by atoms with Gasteiger partial charge in [-0.2, -0.15) is 0 Å². The molecule has 6 heteroatoms. The van der Waals surface area contributed by atoms with E-state index in [1.165, 1.54) is 11.3 Å². The van der Waals surface area contributed by atoms with Gasteiger partial charge in [-0.15, -0.1) is 11.3 Å². The van der Waals surface area contributed by atoms with E-state index in [4.69, 9.17) is 0 Å². The van der Waals surface area contributed by atoms with Crippen LogP contribution in [0, 0.1) is 6.92 Å². The molecule has 1 aromatic heterocycles. The van der Waals surface area contributed by atoms with Crippen LogP contribution in [0.25, 0.3) is 0 Å². The average Bonchev–Trinajstić information content (AvgIpc) is 2.79. The van der Waals surface area contributed by atoms with Crippen LogP contribution >= 0.6 is 11.3 Å². The number of unbranched alkanes of at least 4 members (excludes halogenated alkanes) is 1. The van der Waals surface area contributed by atoms with Crippen LogP contribution in [-0.2, 0) is 16.6 Å². The zero-order valence-corrected chi connectivity index (χ0v) is 15.2. The lowest BCUT2D eigenvalue weighted by atomic mass is 10.1.